The van der Waals surface area contributed by atoms with Crippen LogP contribution in [0.5, 0.6) is 5.75 Å². The fraction of sp³-hybridized carbons (Fsp3) is 0.500. The summed E-state index contributed by atoms with van der Waals surface area (Å²) >= 11 is 0. The second-order valence-electron chi connectivity index (χ2n) is 5.04. The number of ether oxygens (including phenoxy) is 1. The van der Waals surface area contributed by atoms with Crippen molar-refractivity contribution in [2.75, 3.05) is 19.6 Å². The Morgan fingerprint density at radius 2 is 2.26 bits per heavy atom. The third kappa shape index (κ3) is 3.05. The van der Waals surface area contributed by atoms with Crippen molar-refractivity contribution in [1.82, 2.24) is 4.90 Å². The molecule has 1 aliphatic rings. The molecule has 1 aromatic carbocycles. The van der Waals surface area contributed by atoms with E-state index in [1.54, 1.807) is 17.0 Å². The molecule has 2 rings (SSSR count). The molecule has 1 aliphatic heterocycles. The molecule has 104 valence electrons. The molecule has 1 heterocycles. The third-order valence-electron chi connectivity index (χ3n) is 3.26. The van der Waals surface area contributed by atoms with Gasteiger partial charge in [0, 0.05) is 19.6 Å². The lowest BCUT2D eigenvalue weighted by atomic mass is 10.1. The van der Waals surface area contributed by atoms with Gasteiger partial charge in [-0.1, -0.05) is 6.07 Å². The van der Waals surface area contributed by atoms with Crippen molar-refractivity contribution in [3.63, 3.8) is 0 Å². The summed E-state index contributed by atoms with van der Waals surface area (Å²) in [5, 5.41) is 9.88. The predicted molar refractivity (Wildman–Crippen MR) is 72.1 cm³/mol. The number of nitrogens with two attached hydrogens (primary N) is 1. The van der Waals surface area contributed by atoms with E-state index in [1.165, 1.54) is 0 Å². The maximum atomic E-state index is 12.4. The zero-order chi connectivity index (χ0) is 14.0. The number of amides is 1. The van der Waals surface area contributed by atoms with Gasteiger partial charge in [0.05, 0.1) is 17.8 Å². The highest BCUT2D eigenvalue weighted by Crippen LogP contribution is 2.22. The van der Waals surface area contributed by atoms with Crippen LogP contribution in [-0.2, 0) is 4.74 Å². The summed E-state index contributed by atoms with van der Waals surface area (Å²) in [6.07, 6.45) is -0.181. The minimum absolute atomic E-state index is 0.0217. The monoisotopic (exact) mass is 264 g/mol. The summed E-state index contributed by atoms with van der Waals surface area (Å²) in [7, 11) is 0. The Kier molecular flexibility index (Phi) is 4.07. The van der Waals surface area contributed by atoms with E-state index < -0.39 is 0 Å². The Morgan fingerprint density at radius 1 is 1.53 bits per heavy atom. The van der Waals surface area contributed by atoms with Gasteiger partial charge in [-0.15, -0.1) is 0 Å². The van der Waals surface area contributed by atoms with Crippen LogP contribution in [0.4, 0.5) is 0 Å². The van der Waals surface area contributed by atoms with E-state index in [4.69, 9.17) is 10.5 Å². The van der Waals surface area contributed by atoms with Gasteiger partial charge >= 0.3 is 0 Å². The zero-order valence-corrected chi connectivity index (χ0v) is 11.3. The number of hydrogen-bond acceptors (Lipinski definition) is 4. The van der Waals surface area contributed by atoms with Crippen molar-refractivity contribution in [3.8, 4) is 5.75 Å². The standard InChI is InChI=1S/C14H20N2O3/c1-9-3-4-12(13(17)5-9)14(18)16-7-10(2)19-11(6-15)8-16/h3-5,10-11,17H,6-8,15H2,1-2H3. The lowest BCUT2D eigenvalue weighted by Gasteiger charge is -2.36. The first kappa shape index (κ1) is 13.8. The highest BCUT2D eigenvalue weighted by molar-refractivity contribution is 5.97. The SMILES string of the molecule is Cc1ccc(C(=O)N2CC(C)OC(CN)C2)c(O)c1. The number of morpholine rings is 1. The minimum Gasteiger partial charge on any atom is -0.507 e. The smallest absolute Gasteiger partial charge is 0.257 e. The molecule has 5 heteroatoms. The molecule has 0 aromatic heterocycles. The van der Waals surface area contributed by atoms with Crippen LogP contribution in [0.15, 0.2) is 18.2 Å². The van der Waals surface area contributed by atoms with Gasteiger partial charge in [-0.25, -0.2) is 0 Å². The highest BCUT2D eigenvalue weighted by Gasteiger charge is 2.29. The van der Waals surface area contributed by atoms with Crippen molar-refractivity contribution < 1.29 is 14.6 Å². The minimum atomic E-state index is -0.175. The van der Waals surface area contributed by atoms with Crippen molar-refractivity contribution in [2.45, 2.75) is 26.1 Å². The lowest BCUT2D eigenvalue weighted by molar-refractivity contribution is -0.0626. The summed E-state index contributed by atoms with van der Waals surface area (Å²) in [5.74, 6) is -0.153. The van der Waals surface area contributed by atoms with E-state index in [9.17, 15) is 9.90 Å². The van der Waals surface area contributed by atoms with E-state index >= 15 is 0 Å². The number of nitrogens with zero attached hydrogens (tertiary/aromatic N) is 1. The topological polar surface area (TPSA) is 75.8 Å². The van der Waals surface area contributed by atoms with Gasteiger partial charge in [-0.3, -0.25) is 4.79 Å². The number of phenols is 1. The van der Waals surface area contributed by atoms with Gasteiger partial charge in [0.2, 0.25) is 0 Å². The maximum Gasteiger partial charge on any atom is 0.257 e. The molecule has 0 radical (unpaired) electrons. The third-order valence-corrected chi connectivity index (χ3v) is 3.26. The van der Waals surface area contributed by atoms with Crippen LogP contribution >= 0.6 is 0 Å². The highest BCUT2D eigenvalue weighted by atomic mass is 16.5. The van der Waals surface area contributed by atoms with E-state index in [0.29, 0.717) is 25.2 Å². The number of rotatable bonds is 2. The summed E-state index contributed by atoms with van der Waals surface area (Å²) in [6.45, 7) is 5.15. The van der Waals surface area contributed by atoms with Gasteiger partial charge in [-0.05, 0) is 31.5 Å². The molecule has 5 nitrogen and oxygen atoms in total. The molecule has 0 spiro atoms. The predicted octanol–water partition coefficient (Wildman–Crippen LogP) is 0.889. The van der Waals surface area contributed by atoms with Gasteiger partial charge in [0.15, 0.2) is 0 Å². The first-order valence-electron chi connectivity index (χ1n) is 6.45. The van der Waals surface area contributed by atoms with Crippen molar-refractivity contribution in [2.24, 2.45) is 5.73 Å². The molecule has 19 heavy (non-hydrogen) atoms. The molecule has 1 aromatic rings. The van der Waals surface area contributed by atoms with Crippen molar-refractivity contribution >= 4 is 5.91 Å². The zero-order valence-electron chi connectivity index (χ0n) is 11.3. The van der Waals surface area contributed by atoms with E-state index in [1.807, 2.05) is 19.9 Å². The van der Waals surface area contributed by atoms with Crippen LogP contribution in [0, 0.1) is 6.92 Å². The average Bonchev–Trinajstić information content (AvgIpc) is 2.37. The second-order valence-corrected chi connectivity index (χ2v) is 5.04. The Hall–Kier alpha value is -1.59. The van der Waals surface area contributed by atoms with Crippen molar-refractivity contribution in [3.05, 3.63) is 29.3 Å². The number of aromatic hydroxyl groups is 1. The molecule has 0 bridgehead atoms. The number of hydrogen-bond donors (Lipinski definition) is 2. The number of phenolic OH excluding ortho intramolecular Hbond substituents is 1. The second kappa shape index (κ2) is 5.59. The quantitative estimate of drug-likeness (QED) is 0.831. The van der Waals surface area contributed by atoms with Crippen LogP contribution in [0.2, 0.25) is 0 Å². The number of benzene rings is 1. The molecule has 2 unspecified atom stereocenters. The van der Waals surface area contributed by atoms with Crippen molar-refractivity contribution in [1.29, 1.82) is 0 Å². The van der Waals surface area contributed by atoms with Crippen LogP contribution in [0.1, 0.15) is 22.8 Å². The maximum absolute atomic E-state index is 12.4. The molecule has 2 atom stereocenters. The molecule has 1 saturated heterocycles. The van der Waals surface area contributed by atoms with Gasteiger partial charge in [-0.2, -0.15) is 0 Å². The first-order chi connectivity index (χ1) is 9.01. The number of carbonyl (C=O) groups is 1. The Balaban J connectivity index is 2.18. The van der Waals surface area contributed by atoms with E-state index in [0.717, 1.165) is 5.56 Å². The molecular formula is C14H20N2O3. The molecule has 1 amide bonds. The van der Waals surface area contributed by atoms with Gasteiger partial charge < -0.3 is 20.5 Å². The normalized spacial score (nSPS) is 23.4. The fourth-order valence-electron chi connectivity index (χ4n) is 2.33. The molecule has 0 aliphatic carbocycles. The van der Waals surface area contributed by atoms with Crippen LogP contribution in [0.3, 0.4) is 0 Å². The number of aryl methyl sites for hydroxylation is 1. The lowest BCUT2D eigenvalue weighted by Crippen LogP contribution is -2.51. The summed E-state index contributed by atoms with van der Waals surface area (Å²) < 4.78 is 5.62. The largest absolute Gasteiger partial charge is 0.507 e. The Morgan fingerprint density at radius 3 is 2.89 bits per heavy atom. The van der Waals surface area contributed by atoms with Crippen LogP contribution < -0.4 is 5.73 Å². The summed E-state index contributed by atoms with van der Waals surface area (Å²) in [4.78, 5) is 14.1. The summed E-state index contributed by atoms with van der Waals surface area (Å²) in [6, 6.07) is 5.07. The van der Waals surface area contributed by atoms with Crippen LogP contribution in [0.25, 0.3) is 0 Å². The van der Waals surface area contributed by atoms with Gasteiger partial charge in [0.1, 0.15) is 5.75 Å². The molecule has 1 fully saturated rings. The average molecular weight is 264 g/mol. The van der Waals surface area contributed by atoms with E-state index in [-0.39, 0.29) is 23.9 Å². The summed E-state index contributed by atoms with van der Waals surface area (Å²) in [5.41, 5.74) is 6.85. The Labute approximate surface area is 113 Å². The molecule has 3 N–H and O–H groups in total. The first-order valence-corrected chi connectivity index (χ1v) is 6.45. The Bertz CT molecular complexity index is 476. The molecule has 0 saturated carbocycles. The molecular weight excluding hydrogens is 244 g/mol. The van der Waals surface area contributed by atoms with E-state index in [2.05, 4.69) is 0 Å². The van der Waals surface area contributed by atoms with Gasteiger partial charge in [0.25, 0.3) is 5.91 Å². The fourth-order valence-corrected chi connectivity index (χ4v) is 2.33. The number of carbonyl (C=O) groups excluding carboxylic acids is 1. The van der Waals surface area contributed by atoms with Crippen LogP contribution in [-0.4, -0.2) is 47.8 Å².